The molecule has 2 nitrogen and oxygen atoms in total. The molecular weight excluding hydrogens is 157 g/mol. The lowest BCUT2D eigenvalue weighted by molar-refractivity contribution is 0.00108. The van der Waals surface area contributed by atoms with Crippen molar-refractivity contribution in [3.63, 3.8) is 0 Å². The lowest BCUT2D eigenvalue weighted by atomic mass is 9.94. The summed E-state index contributed by atoms with van der Waals surface area (Å²) in [5.41, 5.74) is -1.30. The Morgan fingerprint density at radius 1 is 1.42 bits per heavy atom. The van der Waals surface area contributed by atoms with Crippen molar-refractivity contribution in [2.45, 2.75) is 38.4 Å². The van der Waals surface area contributed by atoms with Gasteiger partial charge in [-0.2, -0.15) is 0 Å². The van der Waals surface area contributed by atoms with Crippen molar-refractivity contribution in [3.05, 3.63) is 0 Å². The van der Waals surface area contributed by atoms with E-state index in [1.54, 1.807) is 0 Å². The number of nitrogens with zero attached hydrogens (tertiary/aromatic N) is 1. The molecule has 0 aromatic heterocycles. The molecule has 1 heterocycles. The zero-order valence-electron chi connectivity index (χ0n) is 7.89. The fraction of sp³-hybridized carbons (Fsp3) is 1.00. The van der Waals surface area contributed by atoms with Gasteiger partial charge in [-0.05, 0) is 26.7 Å². The van der Waals surface area contributed by atoms with Gasteiger partial charge in [-0.3, -0.25) is 0 Å². The summed E-state index contributed by atoms with van der Waals surface area (Å²) in [4.78, 5) is 2.24. The van der Waals surface area contributed by atoms with E-state index in [1.807, 2.05) is 0 Å². The quantitative estimate of drug-likeness (QED) is 0.681. The third kappa shape index (κ3) is 2.17. The summed E-state index contributed by atoms with van der Waals surface area (Å²) in [5, 5.41) is 8.78. The Labute approximate surface area is 73.4 Å². The summed E-state index contributed by atoms with van der Waals surface area (Å²) in [7, 11) is 0. The fourth-order valence-corrected chi connectivity index (χ4v) is 1.60. The predicted octanol–water partition coefficient (Wildman–Crippen LogP) is 1.19. The molecule has 12 heavy (non-hydrogen) atoms. The van der Waals surface area contributed by atoms with E-state index in [-0.39, 0.29) is 6.61 Å². The Kier molecular flexibility index (Phi) is 3.07. The van der Waals surface area contributed by atoms with E-state index in [0.29, 0.717) is 18.9 Å². The molecule has 0 aliphatic carbocycles. The molecule has 1 aliphatic heterocycles. The molecule has 0 atom stereocenters. The van der Waals surface area contributed by atoms with Crippen LogP contribution in [0.1, 0.15) is 26.7 Å². The zero-order valence-corrected chi connectivity index (χ0v) is 7.89. The lowest BCUT2D eigenvalue weighted by Gasteiger charge is -2.37. The van der Waals surface area contributed by atoms with Crippen LogP contribution < -0.4 is 0 Å². The smallest absolute Gasteiger partial charge is 0.136 e. The summed E-state index contributed by atoms with van der Waals surface area (Å²) in [6, 6.07) is 0.494. The van der Waals surface area contributed by atoms with Crippen molar-refractivity contribution in [1.29, 1.82) is 0 Å². The normalized spacial score (nSPS) is 24.8. The van der Waals surface area contributed by atoms with Gasteiger partial charge in [-0.15, -0.1) is 0 Å². The molecule has 1 N–H and O–H groups in total. The minimum absolute atomic E-state index is 0.321. The van der Waals surface area contributed by atoms with E-state index in [0.717, 1.165) is 13.1 Å². The first kappa shape index (κ1) is 9.93. The highest BCUT2D eigenvalue weighted by molar-refractivity contribution is 4.86. The molecule has 1 rings (SSSR count). The third-order valence-electron chi connectivity index (χ3n) is 2.71. The molecular formula is C9H18FNO. The van der Waals surface area contributed by atoms with Crippen molar-refractivity contribution in [3.8, 4) is 0 Å². The Hall–Kier alpha value is -0.150. The van der Waals surface area contributed by atoms with Gasteiger partial charge >= 0.3 is 0 Å². The van der Waals surface area contributed by atoms with Crippen molar-refractivity contribution >= 4 is 0 Å². The van der Waals surface area contributed by atoms with Gasteiger partial charge in [-0.25, -0.2) is 4.39 Å². The summed E-state index contributed by atoms with van der Waals surface area (Å²) in [6.45, 7) is 5.46. The number of alkyl halides is 1. The number of likely N-dealkylation sites (tertiary alicyclic amines) is 1. The molecule has 0 aromatic carbocycles. The fourth-order valence-electron chi connectivity index (χ4n) is 1.60. The van der Waals surface area contributed by atoms with Crippen LogP contribution in [-0.4, -0.2) is 41.4 Å². The summed E-state index contributed by atoms with van der Waals surface area (Å²) < 4.78 is 13.5. The standard InChI is InChI=1S/C9H18FNO/c1-8(2)11-5-3-9(10,7-12)4-6-11/h8,12H,3-7H2,1-2H3. The van der Waals surface area contributed by atoms with Crippen LogP contribution in [0.2, 0.25) is 0 Å². The topological polar surface area (TPSA) is 23.5 Å². The monoisotopic (exact) mass is 175 g/mol. The van der Waals surface area contributed by atoms with Crippen molar-refractivity contribution < 1.29 is 9.50 Å². The predicted molar refractivity (Wildman–Crippen MR) is 46.9 cm³/mol. The first-order valence-corrected chi connectivity index (χ1v) is 4.61. The van der Waals surface area contributed by atoms with Gasteiger partial charge in [0.15, 0.2) is 0 Å². The van der Waals surface area contributed by atoms with Gasteiger partial charge in [-0.1, -0.05) is 0 Å². The number of halogens is 1. The molecule has 0 spiro atoms. The van der Waals surface area contributed by atoms with E-state index < -0.39 is 5.67 Å². The van der Waals surface area contributed by atoms with E-state index in [1.165, 1.54) is 0 Å². The Morgan fingerprint density at radius 3 is 2.25 bits per heavy atom. The van der Waals surface area contributed by atoms with E-state index in [2.05, 4.69) is 18.7 Å². The molecule has 0 unspecified atom stereocenters. The molecule has 1 saturated heterocycles. The van der Waals surface area contributed by atoms with E-state index in [4.69, 9.17) is 5.11 Å². The molecule has 72 valence electrons. The van der Waals surface area contributed by atoms with Gasteiger partial charge in [0.05, 0.1) is 6.61 Å². The van der Waals surface area contributed by atoms with Crippen LogP contribution in [0.15, 0.2) is 0 Å². The summed E-state index contributed by atoms with van der Waals surface area (Å²) in [5.74, 6) is 0. The second-order valence-corrected chi connectivity index (χ2v) is 3.94. The number of hydrogen-bond acceptors (Lipinski definition) is 2. The first-order chi connectivity index (χ1) is 5.57. The van der Waals surface area contributed by atoms with Crippen LogP contribution >= 0.6 is 0 Å². The SMILES string of the molecule is CC(C)N1CCC(F)(CO)CC1. The molecule has 0 amide bonds. The Balaban J connectivity index is 2.39. The molecule has 0 saturated carbocycles. The number of rotatable bonds is 2. The minimum Gasteiger partial charge on any atom is -0.393 e. The van der Waals surface area contributed by atoms with Crippen LogP contribution in [-0.2, 0) is 0 Å². The highest BCUT2D eigenvalue weighted by Gasteiger charge is 2.34. The largest absolute Gasteiger partial charge is 0.393 e. The second-order valence-electron chi connectivity index (χ2n) is 3.94. The minimum atomic E-state index is -1.30. The number of aliphatic hydroxyl groups excluding tert-OH is 1. The van der Waals surface area contributed by atoms with Gasteiger partial charge < -0.3 is 10.0 Å². The average Bonchev–Trinajstić information content (AvgIpc) is 2.05. The van der Waals surface area contributed by atoms with Crippen LogP contribution in [0, 0.1) is 0 Å². The van der Waals surface area contributed by atoms with Crippen molar-refractivity contribution in [2.24, 2.45) is 0 Å². The van der Waals surface area contributed by atoms with E-state index >= 15 is 0 Å². The van der Waals surface area contributed by atoms with Gasteiger partial charge in [0.2, 0.25) is 0 Å². The maximum absolute atomic E-state index is 13.5. The molecule has 1 fully saturated rings. The maximum Gasteiger partial charge on any atom is 0.136 e. The van der Waals surface area contributed by atoms with Crippen LogP contribution in [0.25, 0.3) is 0 Å². The maximum atomic E-state index is 13.5. The van der Waals surface area contributed by atoms with Crippen LogP contribution in [0.3, 0.4) is 0 Å². The summed E-state index contributed by atoms with van der Waals surface area (Å²) >= 11 is 0. The van der Waals surface area contributed by atoms with Gasteiger partial charge in [0, 0.05) is 19.1 Å². The van der Waals surface area contributed by atoms with Gasteiger partial charge in [0.25, 0.3) is 0 Å². The molecule has 3 heteroatoms. The lowest BCUT2D eigenvalue weighted by Crippen LogP contribution is -2.46. The van der Waals surface area contributed by atoms with Gasteiger partial charge in [0.1, 0.15) is 5.67 Å². The average molecular weight is 175 g/mol. The van der Waals surface area contributed by atoms with Crippen LogP contribution in [0.4, 0.5) is 4.39 Å². The molecule has 0 aromatic rings. The number of piperidine rings is 1. The number of aliphatic hydroxyl groups is 1. The molecule has 0 bridgehead atoms. The van der Waals surface area contributed by atoms with Crippen molar-refractivity contribution in [2.75, 3.05) is 19.7 Å². The third-order valence-corrected chi connectivity index (χ3v) is 2.71. The Morgan fingerprint density at radius 2 is 1.92 bits per heavy atom. The molecule has 1 aliphatic rings. The van der Waals surface area contributed by atoms with E-state index in [9.17, 15) is 4.39 Å². The first-order valence-electron chi connectivity index (χ1n) is 4.61. The highest BCUT2D eigenvalue weighted by Crippen LogP contribution is 2.26. The molecule has 0 radical (unpaired) electrons. The highest BCUT2D eigenvalue weighted by atomic mass is 19.1. The second kappa shape index (κ2) is 3.71. The van der Waals surface area contributed by atoms with Crippen molar-refractivity contribution in [1.82, 2.24) is 4.90 Å². The zero-order chi connectivity index (χ0) is 9.19. The summed E-state index contributed by atoms with van der Waals surface area (Å²) in [6.07, 6.45) is 0.948. The van der Waals surface area contributed by atoms with Crippen LogP contribution in [0.5, 0.6) is 0 Å². The number of hydrogen-bond donors (Lipinski definition) is 1. The Bertz CT molecular complexity index is 141.